The van der Waals surface area contributed by atoms with Crippen LogP contribution in [0.5, 0.6) is 0 Å². The Morgan fingerprint density at radius 1 is 1.13 bits per heavy atom. The lowest BCUT2D eigenvalue weighted by atomic mass is 10.1. The number of hydrogen-bond donors (Lipinski definition) is 2. The summed E-state index contributed by atoms with van der Waals surface area (Å²) in [6.45, 7) is 0. The molecular formula is C17H13FN4O. The first kappa shape index (κ1) is 14.6. The Bertz CT molecular complexity index is 825. The third kappa shape index (κ3) is 3.68. The molecule has 0 aliphatic heterocycles. The second kappa shape index (κ2) is 6.65. The minimum absolute atomic E-state index is 0.273. The van der Waals surface area contributed by atoms with E-state index in [2.05, 4.69) is 20.7 Å². The number of hydrazone groups is 1. The van der Waals surface area contributed by atoms with Crippen LogP contribution in [0.4, 0.5) is 4.39 Å². The quantitative estimate of drug-likeness (QED) is 0.574. The zero-order valence-electron chi connectivity index (χ0n) is 12.0. The summed E-state index contributed by atoms with van der Waals surface area (Å²) in [5, 5.41) is 10.6. The maximum absolute atomic E-state index is 12.9. The van der Waals surface area contributed by atoms with Crippen molar-refractivity contribution in [2.24, 2.45) is 5.10 Å². The Morgan fingerprint density at radius 3 is 2.61 bits per heavy atom. The van der Waals surface area contributed by atoms with Gasteiger partial charge in [-0.25, -0.2) is 9.82 Å². The van der Waals surface area contributed by atoms with E-state index in [0.29, 0.717) is 5.69 Å². The van der Waals surface area contributed by atoms with Gasteiger partial charge < -0.3 is 0 Å². The van der Waals surface area contributed by atoms with Crippen LogP contribution in [0, 0.1) is 5.82 Å². The van der Waals surface area contributed by atoms with Gasteiger partial charge in [0.2, 0.25) is 0 Å². The van der Waals surface area contributed by atoms with E-state index >= 15 is 0 Å². The normalized spacial score (nSPS) is 10.8. The maximum Gasteiger partial charge on any atom is 0.289 e. The number of halogens is 1. The van der Waals surface area contributed by atoms with Crippen LogP contribution in [0.1, 0.15) is 16.1 Å². The van der Waals surface area contributed by atoms with Crippen molar-refractivity contribution in [3.05, 3.63) is 77.7 Å². The van der Waals surface area contributed by atoms with Gasteiger partial charge in [0, 0.05) is 5.56 Å². The Kier molecular flexibility index (Phi) is 4.24. The first-order valence-electron chi connectivity index (χ1n) is 6.92. The zero-order valence-corrected chi connectivity index (χ0v) is 12.0. The van der Waals surface area contributed by atoms with Crippen LogP contribution in [0.15, 0.2) is 65.8 Å². The minimum Gasteiger partial charge on any atom is -0.272 e. The molecule has 0 aliphatic carbocycles. The van der Waals surface area contributed by atoms with Gasteiger partial charge >= 0.3 is 0 Å². The Morgan fingerprint density at radius 2 is 1.87 bits per heavy atom. The molecule has 5 nitrogen and oxygen atoms in total. The monoisotopic (exact) mass is 308 g/mol. The lowest BCUT2D eigenvalue weighted by Crippen LogP contribution is -2.17. The number of nitrogens with one attached hydrogen (secondary N) is 2. The number of benzene rings is 2. The van der Waals surface area contributed by atoms with Gasteiger partial charge in [0.1, 0.15) is 11.5 Å². The van der Waals surface area contributed by atoms with Crippen LogP contribution in [-0.4, -0.2) is 22.3 Å². The summed E-state index contributed by atoms with van der Waals surface area (Å²) in [5.41, 5.74) is 4.85. The fourth-order valence-corrected chi connectivity index (χ4v) is 1.97. The van der Waals surface area contributed by atoms with Crippen LogP contribution in [0.25, 0.3) is 11.3 Å². The molecule has 0 saturated heterocycles. The molecular weight excluding hydrogens is 295 g/mol. The number of nitrogens with zero attached hydrogens (tertiary/aromatic N) is 2. The van der Waals surface area contributed by atoms with E-state index in [0.717, 1.165) is 11.1 Å². The van der Waals surface area contributed by atoms with E-state index in [4.69, 9.17) is 0 Å². The zero-order chi connectivity index (χ0) is 16.1. The van der Waals surface area contributed by atoms with Gasteiger partial charge in [-0.15, -0.1) is 0 Å². The molecule has 23 heavy (non-hydrogen) atoms. The predicted molar refractivity (Wildman–Crippen MR) is 85.5 cm³/mol. The molecule has 0 radical (unpaired) electrons. The molecule has 0 spiro atoms. The lowest BCUT2D eigenvalue weighted by molar-refractivity contribution is 0.0950. The third-order valence-corrected chi connectivity index (χ3v) is 3.14. The van der Waals surface area contributed by atoms with E-state index < -0.39 is 5.91 Å². The number of carbonyl (C=O) groups is 1. The Labute approximate surface area is 131 Å². The molecule has 0 unspecified atom stereocenters. The number of amides is 1. The molecule has 1 aromatic heterocycles. The first-order chi connectivity index (χ1) is 11.2. The van der Waals surface area contributed by atoms with Crippen LogP contribution < -0.4 is 5.43 Å². The van der Waals surface area contributed by atoms with Crippen molar-refractivity contribution in [1.29, 1.82) is 0 Å². The lowest BCUT2D eigenvalue weighted by Gasteiger charge is -1.96. The van der Waals surface area contributed by atoms with Crippen molar-refractivity contribution < 1.29 is 9.18 Å². The SMILES string of the molecule is O=C(N/N=C\c1ccccc1)c1cc(-c2ccc(F)cc2)n[nH]1. The van der Waals surface area contributed by atoms with Crippen LogP contribution in [0.2, 0.25) is 0 Å². The molecule has 2 N–H and O–H groups in total. The van der Waals surface area contributed by atoms with Crippen molar-refractivity contribution in [2.75, 3.05) is 0 Å². The number of aromatic nitrogens is 2. The molecule has 0 saturated carbocycles. The second-order valence-electron chi connectivity index (χ2n) is 4.78. The number of H-pyrrole nitrogens is 1. The van der Waals surface area contributed by atoms with E-state index in [-0.39, 0.29) is 11.5 Å². The summed E-state index contributed by atoms with van der Waals surface area (Å²) in [6.07, 6.45) is 1.55. The van der Waals surface area contributed by atoms with E-state index in [1.165, 1.54) is 12.1 Å². The highest BCUT2D eigenvalue weighted by atomic mass is 19.1. The number of aromatic amines is 1. The Hall–Kier alpha value is -3.28. The van der Waals surface area contributed by atoms with Crippen molar-refractivity contribution in [3.63, 3.8) is 0 Å². The molecule has 0 bridgehead atoms. The largest absolute Gasteiger partial charge is 0.289 e. The molecule has 3 rings (SSSR count). The molecule has 2 aromatic carbocycles. The van der Waals surface area contributed by atoms with Gasteiger partial charge in [-0.2, -0.15) is 10.2 Å². The molecule has 0 aliphatic rings. The molecule has 1 amide bonds. The first-order valence-corrected chi connectivity index (χ1v) is 6.92. The molecule has 114 valence electrons. The predicted octanol–water partition coefficient (Wildman–Crippen LogP) is 2.98. The topological polar surface area (TPSA) is 70.1 Å². The van der Waals surface area contributed by atoms with Crippen LogP contribution in [0.3, 0.4) is 0 Å². The average Bonchev–Trinajstić information content (AvgIpc) is 3.06. The van der Waals surface area contributed by atoms with E-state index in [1.54, 1.807) is 24.4 Å². The highest BCUT2D eigenvalue weighted by molar-refractivity contribution is 5.94. The van der Waals surface area contributed by atoms with Crippen LogP contribution >= 0.6 is 0 Å². The number of hydrogen-bond acceptors (Lipinski definition) is 3. The second-order valence-corrected chi connectivity index (χ2v) is 4.78. The summed E-state index contributed by atoms with van der Waals surface area (Å²) >= 11 is 0. The maximum atomic E-state index is 12.9. The number of carbonyl (C=O) groups excluding carboxylic acids is 1. The summed E-state index contributed by atoms with van der Waals surface area (Å²) in [7, 11) is 0. The molecule has 0 atom stereocenters. The fourth-order valence-electron chi connectivity index (χ4n) is 1.97. The van der Waals surface area contributed by atoms with E-state index in [1.807, 2.05) is 30.3 Å². The molecule has 3 aromatic rings. The fraction of sp³-hybridized carbons (Fsp3) is 0. The summed E-state index contributed by atoms with van der Waals surface area (Å²) in [6, 6.07) is 16.9. The Balaban J connectivity index is 1.67. The summed E-state index contributed by atoms with van der Waals surface area (Å²) in [5.74, 6) is -0.726. The standard InChI is InChI=1S/C17H13FN4O/c18-14-8-6-13(7-9-14)15-10-16(21-20-15)17(23)22-19-11-12-4-2-1-3-5-12/h1-11H,(H,20,21)(H,22,23)/b19-11-. The van der Waals surface area contributed by atoms with Gasteiger partial charge in [-0.3, -0.25) is 9.89 Å². The summed E-state index contributed by atoms with van der Waals surface area (Å²) < 4.78 is 12.9. The molecule has 6 heteroatoms. The van der Waals surface area contributed by atoms with Crippen molar-refractivity contribution >= 4 is 12.1 Å². The van der Waals surface area contributed by atoms with Crippen molar-refractivity contribution in [1.82, 2.24) is 15.6 Å². The van der Waals surface area contributed by atoms with Gasteiger partial charge in [-0.1, -0.05) is 30.3 Å². The van der Waals surface area contributed by atoms with Gasteiger partial charge in [-0.05, 0) is 35.9 Å². The molecule has 1 heterocycles. The van der Waals surface area contributed by atoms with Crippen molar-refractivity contribution in [2.45, 2.75) is 0 Å². The summed E-state index contributed by atoms with van der Waals surface area (Å²) in [4.78, 5) is 12.0. The van der Waals surface area contributed by atoms with Gasteiger partial charge in [0.05, 0.1) is 11.9 Å². The molecule has 0 fully saturated rings. The number of rotatable bonds is 4. The third-order valence-electron chi connectivity index (χ3n) is 3.14. The van der Waals surface area contributed by atoms with Crippen molar-refractivity contribution in [3.8, 4) is 11.3 Å². The van der Waals surface area contributed by atoms with E-state index in [9.17, 15) is 9.18 Å². The highest BCUT2D eigenvalue weighted by Crippen LogP contribution is 2.17. The smallest absolute Gasteiger partial charge is 0.272 e. The average molecular weight is 308 g/mol. The van der Waals surface area contributed by atoms with Gasteiger partial charge in [0.15, 0.2) is 0 Å². The minimum atomic E-state index is -0.405. The highest BCUT2D eigenvalue weighted by Gasteiger charge is 2.10. The van der Waals surface area contributed by atoms with Gasteiger partial charge in [0.25, 0.3) is 5.91 Å². The van der Waals surface area contributed by atoms with Crippen LogP contribution in [-0.2, 0) is 0 Å².